The molecule has 3 aromatic rings. The van der Waals surface area contributed by atoms with Gasteiger partial charge in [0.05, 0.1) is 0 Å². The Hall–Kier alpha value is -3.94. The fourth-order valence-electron chi connectivity index (χ4n) is 4.27. The van der Waals surface area contributed by atoms with Crippen molar-refractivity contribution in [3.05, 3.63) is 89.0 Å². The number of benzene rings is 3. The van der Waals surface area contributed by atoms with Crippen LogP contribution in [0.25, 0.3) is 0 Å². The van der Waals surface area contributed by atoms with E-state index in [4.69, 9.17) is 0 Å². The van der Waals surface area contributed by atoms with Crippen LogP contribution in [0, 0.1) is 11.6 Å². The maximum atomic E-state index is 13.8. The maximum absolute atomic E-state index is 13.8. The highest BCUT2D eigenvalue weighted by molar-refractivity contribution is 6.07. The molecule has 3 amide bonds. The third kappa shape index (κ3) is 5.42. The standard InChI is InChI=1S/C27H28F2N4O2/c1-32(2)24-16-19(26(34)33-15-6-5-9-18-8-3-4-12-23(18)33)13-14-20(24)17-30-27(35)31-25-21(28)10-7-11-22(25)29/h3-4,7-8,10-14,16H,5-6,9,15,17H2,1-2H3,(H2,30,31,35). The summed E-state index contributed by atoms with van der Waals surface area (Å²) in [4.78, 5) is 29.5. The minimum atomic E-state index is -0.855. The number of hydrogen-bond acceptors (Lipinski definition) is 3. The lowest BCUT2D eigenvalue weighted by atomic mass is 10.1. The highest BCUT2D eigenvalue weighted by Crippen LogP contribution is 2.29. The van der Waals surface area contributed by atoms with Crippen molar-refractivity contribution in [2.75, 3.05) is 35.8 Å². The van der Waals surface area contributed by atoms with E-state index in [-0.39, 0.29) is 12.5 Å². The number of halogens is 2. The van der Waals surface area contributed by atoms with Gasteiger partial charge in [0.1, 0.15) is 17.3 Å². The first-order valence-corrected chi connectivity index (χ1v) is 11.5. The number of rotatable bonds is 5. The summed E-state index contributed by atoms with van der Waals surface area (Å²) in [7, 11) is 3.70. The van der Waals surface area contributed by atoms with Crippen molar-refractivity contribution in [2.45, 2.75) is 25.8 Å². The zero-order chi connectivity index (χ0) is 24.9. The van der Waals surface area contributed by atoms with Gasteiger partial charge in [0.15, 0.2) is 0 Å². The molecule has 1 heterocycles. The molecule has 1 aliphatic rings. The lowest BCUT2D eigenvalue weighted by Crippen LogP contribution is -2.32. The van der Waals surface area contributed by atoms with Gasteiger partial charge in [0.25, 0.3) is 5.91 Å². The number of nitrogens with zero attached hydrogens (tertiary/aromatic N) is 2. The van der Waals surface area contributed by atoms with Crippen molar-refractivity contribution in [3.8, 4) is 0 Å². The highest BCUT2D eigenvalue weighted by atomic mass is 19.1. The smallest absolute Gasteiger partial charge is 0.319 e. The molecule has 0 radical (unpaired) electrons. The van der Waals surface area contributed by atoms with Crippen LogP contribution in [0.15, 0.2) is 60.7 Å². The monoisotopic (exact) mass is 478 g/mol. The molecule has 4 rings (SSSR count). The van der Waals surface area contributed by atoms with Gasteiger partial charge in [-0.15, -0.1) is 0 Å². The second kappa shape index (κ2) is 10.5. The first-order valence-electron chi connectivity index (χ1n) is 11.5. The van der Waals surface area contributed by atoms with Crippen molar-refractivity contribution in [1.29, 1.82) is 0 Å². The molecule has 3 aromatic carbocycles. The van der Waals surface area contributed by atoms with Gasteiger partial charge >= 0.3 is 6.03 Å². The Morgan fingerprint density at radius 2 is 1.71 bits per heavy atom. The first kappa shape index (κ1) is 24.2. The number of nitrogens with one attached hydrogen (secondary N) is 2. The molecular formula is C27H28F2N4O2. The zero-order valence-electron chi connectivity index (χ0n) is 19.8. The quantitative estimate of drug-likeness (QED) is 0.521. The number of carbonyl (C=O) groups is 2. The van der Waals surface area contributed by atoms with Crippen LogP contribution in [-0.2, 0) is 13.0 Å². The number of carbonyl (C=O) groups excluding carboxylic acids is 2. The third-order valence-corrected chi connectivity index (χ3v) is 6.06. The van der Waals surface area contributed by atoms with Crippen LogP contribution in [0.4, 0.5) is 30.6 Å². The zero-order valence-corrected chi connectivity index (χ0v) is 19.8. The normalized spacial score (nSPS) is 13.0. The van der Waals surface area contributed by atoms with E-state index in [0.29, 0.717) is 12.1 Å². The third-order valence-electron chi connectivity index (χ3n) is 6.06. The lowest BCUT2D eigenvalue weighted by molar-refractivity contribution is 0.0987. The largest absolute Gasteiger partial charge is 0.377 e. The second-order valence-corrected chi connectivity index (χ2v) is 8.68. The number of aryl methyl sites for hydroxylation is 1. The van der Waals surface area contributed by atoms with Crippen molar-refractivity contribution in [1.82, 2.24) is 5.32 Å². The van der Waals surface area contributed by atoms with E-state index < -0.39 is 23.4 Å². The summed E-state index contributed by atoms with van der Waals surface area (Å²) >= 11 is 0. The summed E-state index contributed by atoms with van der Waals surface area (Å²) in [6, 6.07) is 16.0. The van der Waals surface area contributed by atoms with Gasteiger partial charge in [-0.2, -0.15) is 0 Å². The number of fused-ring (bicyclic) bond motifs is 1. The first-order chi connectivity index (χ1) is 16.8. The molecule has 1 aliphatic heterocycles. The van der Waals surface area contributed by atoms with Crippen LogP contribution < -0.4 is 20.4 Å². The Bertz CT molecular complexity index is 1230. The summed E-state index contributed by atoms with van der Waals surface area (Å²) in [6.45, 7) is 0.764. The van der Waals surface area contributed by atoms with E-state index in [9.17, 15) is 18.4 Å². The van der Waals surface area contributed by atoms with Gasteiger partial charge in [0, 0.05) is 44.1 Å². The Balaban J connectivity index is 1.51. The molecule has 0 atom stereocenters. The summed E-state index contributed by atoms with van der Waals surface area (Å²) in [5.41, 5.74) is 3.68. The Morgan fingerprint density at radius 1 is 0.971 bits per heavy atom. The molecule has 0 saturated carbocycles. The maximum Gasteiger partial charge on any atom is 0.319 e. The molecular weight excluding hydrogens is 450 g/mol. The van der Waals surface area contributed by atoms with Crippen molar-refractivity contribution in [3.63, 3.8) is 0 Å². The Labute approximate surface area is 203 Å². The van der Waals surface area contributed by atoms with Crippen LogP contribution >= 0.6 is 0 Å². The molecule has 8 heteroatoms. The van der Waals surface area contributed by atoms with Crippen LogP contribution in [-0.4, -0.2) is 32.6 Å². The molecule has 0 fully saturated rings. The molecule has 182 valence electrons. The Morgan fingerprint density at radius 3 is 2.46 bits per heavy atom. The molecule has 0 unspecified atom stereocenters. The average molecular weight is 479 g/mol. The highest BCUT2D eigenvalue weighted by Gasteiger charge is 2.23. The van der Waals surface area contributed by atoms with Gasteiger partial charge in [-0.1, -0.05) is 30.3 Å². The van der Waals surface area contributed by atoms with E-state index >= 15 is 0 Å². The number of hydrogen-bond donors (Lipinski definition) is 2. The van der Waals surface area contributed by atoms with Crippen LogP contribution in [0.1, 0.15) is 34.3 Å². The predicted octanol–water partition coefficient (Wildman–Crippen LogP) is 5.34. The number of anilines is 3. The van der Waals surface area contributed by atoms with E-state index in [2.05, 4.69) is 16.7 Å². The molecule has 6 nitrogen and oxygen atoms in total. The SMILES string of the molecule is CN(C)c1cc(C(=O)N2CCCCc3ccccc32)ccc1CNC(=O)Nc1c(F)cccc1F. The Kier molecular flexibility index (Phi) is 7.29. The number of urea groups is 1. The summed E-state index contributed by atoms with van der Waals surface area (Å²) in [6.07, 6.45) is 2.92. The topological polar surface area (TPSA) is 64.7 Å². The average Bonchev–Trinajstić information content (AvgIpc) is 3.07. The van der Waals surface area contributed by atoms with Gasteiger partial charge < -0.3 is 20.4 Å². The molecule has 2 N–H and O–H groups in total. The van der Waals surface area contributed by atoms with Gasteiger partial charge in [-0.25, -0.2) is 13.6 Å². The number of para-hydroxylation sites is 2. The second-order valence-electron chi connectivity index (χ2n) is 8.68. The fraction of sp³-hybridized carbons (Fsp3) is 0.259. The minimum absolute atomic E-state index is 0.0743. The summed E-state index contributed by atoms with van der Waals surface area (Å²) in [5, 5.41) is 4.84. The van der Waals surface area contributed by atoms with Gasteiger partial charge in [-0.05, 0) is 60.7 Å². The predicted molar refractivity (Wildman–Crippen MR) is 134 cm³/mol. The van der Waals surface area contributed by atoms with E-state index in [0.717, 1.165) is 48.3 Å². The molecule has 35 heavy (non-hydrogen) atoms. The molecule has 0 bridgehead atoms. The van der Waals surface area contributed by atoms with Gasteiger partial charge in [-0.3, -0.25) is 4.79 Å². The van der Waals surface area contributed by atoms with E-state index in [1.165, 1.54) is 11.6 Å². The molecule has 0 aliphatic carbocycles. The molecule has 0 aromatic heterocycles. The summed E-state index contributed by atoms with van der Waals surface area (Å²) in [5.74, 6) is -1.78. The van der Waals surface area contributed by atoms with Crippen LogP contribution in [0.5, 0.6) is 0 Å². The minimum Gasteiger partial charge on any atom is -0.377 e. The van der Waals surface area contributed by atoms with E-state index in [1.807, 2.05) is 42.1 Å². The number of amides is 3. The van der Waals surface area contributed by atoms with Crippen LogP contribution in [0.3, 0.4) is 0 Å². The molecule has 0 saturated heterocycles. The lowest BCUT2D eigenvalue weighted by Gasteiger charge is -2.24. The van der Waals surface area contributed by atoms with E-state index in [1.54, 1.807) is 18.2 Å². The summed E-state index contributed by atoms with van der Waals surface area (Å²) < 4.78 is 27.6. The van der Waals surface area contributed by atoms with Crippen molar-refractivity contribution < 1.29 is 18.4 Å². The van der Waals surface area contributed by atoms with Gasteiger partial charge in [0.2, 0.25) is 0 Å². The van der Waals surface area contributed by atoms with Crippen molar-refractivity contribution >= 4 is 29.0 Å². The van der Waals surface area contributed by atoms with Crippen LogP contribution in [0.2, 0.25) is 0 Å². The fourth-order valence-corrected chi connectivity index (χ4v) is 4.27. The van der Waals surface area contributed by atoms with Crippen molar-refractivity contribution in [2.24, 2.45) is 0 Å². The molecule has 0 spiro atoms.